The first-order valence-electron chi connectivity index (χ1n) is 11.3. The van der Waals surface area contributed by atoms with Crippen LogP contribution in [0.3, 0.4) is 0 Å². The molecule has 0 atom stereocenters. The molecule has 1 aromatic carbocycles. The minimum absolute atomic E-state index is 0.585. The highest BCUT2D eigenvalue weighted by Gasteiger charge is 2.19. The molecule has 186 valence electrons. The third-order valence-electron chi connectivity index (χ3n) is 4.20. The number of rotatable bonds is 11. The van der Waals surface area contributed by atoms with Crippen LogP contribution in [0, 0.1) is 0 Å². The largest absolute Gasteiger partial charge is 0.497 e. The Morgan fingerprint density at radius 3 is 2.03 bits per heavy atom. The maximum atomic E-state index is 5.65. The summed E-state index contributed by atoms with van der Waals surface area (Å²) in [5.41, 5.74) is 2.86. The van der Waals surface area contributed by atoms with E-state index < -0.39 is 0 Å². The van der Waals surface area contributed by atoms with Crippen molar-refractivity contribution < 1.29 is 18.9 Å². The highest BCUT2D eigenvalue weighted by atomic mass is 32.2. The van der Waals surface area contributed by atoms with E-state index in [2.05, 4.69) is 11.1 Å². The van der Waals surface area contributed by atoms with Crippen LogP contribution in [0.5, 0.6) is 17.2 Å². The summed E-state index contributed by atoms with van der Waals surface area (Å²) in [5, 5.41) is 0. The predicted octanol–water partition coefficient (Wildman–Crippen LogP) is 8.29. The van der Waals surface area contributed by atoms with E-state index in [0.29, 0.717) is 23.9 Å². The maximum absolute atomic E-state index is 5.65. The van der Waals surface area contributed by atoms with Gasteiger partial charge in [-0.25, -0.2) is 4.40 Å². The summed E-state index contributed by atoms with van der Waals surface area (Å²) in [6.45, 7) is 20.2. The smallest absolute Gasteiger partial charge is 0.169 e. The first-order chi connectivity index (χ1) is 16.0. The molecule has 0 aliphatic carbocycles. The predicted molar refractivity (Wildman–Crippen MR) is 147 cm³/mol. The van der Waals surface area contributed by atoms with Gasteiger partial charge in [-0.2, -0.15) is 0 Å². The monoisotopic (exact) mass is 477 g/mol. The Labute approximate surface area is 206 Å². The van der Waals surface area contributed by atoms with Gasteiger partial charge < -0.3 is 18.9 Å². The highest BCUT2D eigenvalue weighted by molar-refractivity contribution is 8.07. The highest BCUT2D eigenvalue weighted by Crippen LogP contribution is 2.45. The summed E-state index contributed by atoms with van der Waals surface area (Å²) >= 11 is 1.28. The molecule has 1 aromatic rings. The van der Waals surface area contributed by atoms with Crippen molar-refractivity contribution in [1.29, 1.82) is 0 Å². The van der Waals surface area contributed by atoms with E-state index in [-0.39, 0.29) is 0 Å². The lowest BCUT2D eigenvalue weighted by molar-refractivity contribution is 0.242. The standard InChI is InChI=1S/C23H31NO4S.2C2H6/c1-9-17(12-13-18(10-2)28-11-3)16(4)23(29-24-5)20-14-19(25-6)15-21(26-7)22(20)27-8;2*1-2/h9-10,12-15H,5,11H2,1-4,6-8H3;2*1-2H3/b13-12-,17-9+,18-10+,23-16+;;. The molecule has 5 nitrogen and oxygen atoms in total. The zero-order chi connectivity index (χ0) is 25.8. The van der Waals surface area contributed by atoms with Gasteiger partial charge in [0.25, 0.3) is 0 Å². The van der Waals surface area contributed by atoms with Gasteiger partial charge in [-0.15, -0.1) is 0 Å². The topological polar surface area (TPSA) is 49.3 Å². The minimum atomic E-state index is 0.585. The lowest BCUT2D eigenvalue weighted by Gasteiger charge is -2.18. The van der Waals surface area contributed by atoms with Gasteiger partial charge in [-0.05, 0) is 63.8 Å². The van der Waals surface area contributed by atoms with Gasteiger partial charge >= 0.3 is 0 Å². The molecular weight excluding hydrogens is 434 g/mol. The number of ether oxygens (including phenoxy) is 4. The molecule has 0 aliphatic heterocycles. The van der Waals surface area contributed by atoms with E-state index >= 15 is 0 Å². The molecule has 6 heteroatoms. The molecule has 0 aromatic heterocycles. The second-order valence-corrected chi connectivity index (χ2v) is 6.64. The van der Waals surface area contributed by atoms with Crippen molar-refractivity contribution >= 4 is 23.6 Å². The lowest BCUT2D eigenvalue weighted by Crippen LogP contribution is -1.98. The molecule has 0 amide bonds. The van der Waals surface area contributed by atoms with E-state index in [1.54, 1.807) is 27.4 Å². The van der Waals surface area contributed by atoms with Crippen molar-refractivity contribution in [2.45, 2.75) is 55.4 Å². The molecule has 0 unspecified atom stereocenters. The van der Waals surface area contributed by atoms with Crippen LogP contribution in [0.15, 0.2) is 57.7 Å². The van der Waals surface area contributed by atoms with Crippen LogP contribution in [0.2, 0.25) is 0 Å². The number of allylic oxidation sites excluding steroid dienone is 6. The fourth-order valence-electron chi connectivity index (χ4n) is 2.74. The molecular formula is C27H43NO4S. The molecule has 33 heavy (non-hydrogen) atoms. The van der Waals surface area contributed by atoms with Crippen LogP contribution in [-0.4, -0.2) is 34.7 Å². The summed E-state index contributed by atoms with van der Waals surface area (Å²) in [7, 11) is 4.83. The third-order valence-corrected chi connectivity index (χ3v) is 5.03. The summed E-state index contributed by atoms with van der Waals surface area (Å²) < 4.78 is 26.3. The fraction of sp³-hybridized carbons (Fsp3) is 0.444. The summed E-state index contributed by atoms with van der Waals surface area (Å²) in [5.74, 6) is 2.68. The maximum Gasteiger partial charge on any atom is 0.169 e. The Morgan fingerprint density at radius 2 is 1.61 bits per heavy atom. The normalized spacial score (nSPS) is 12.0. The minimum Gasteiger partial charge on any atom is -0.497 e. The molecule has 0 spiro atoms. The first kappa shape index (κ1) is 32.6. The van der Waals surface area contributed by atoms with E-state index in [9.17, 15) is 0 Å². The van der Waals surface area contributed by atoms with Crippen molar-refractivity contribution in [3.05, 3.63) is 58.9 Å². The Kier molecular flexibility index (Phi) is 19.8. The van der Waals surface area contributed by atoms with Crippen molar-refractivity contribution in [3.8, 4) is 17.2 Å². The van der Waals surface area contributed by atoms with Crippen LogP contribution in [-0.2, 0) is 4.74 Å². The van der Waals surface area contributed by atoms with Crippen LogP contribution >= 0.6 is 11.9 Å². The van der Waals surface area contributed by atoms with Crippen LogP contribution in [0.1, 0.15) is 61.0 Å². The summed E-state index contributed by atoms with van der Waals surface area (Å²) in [6.07, 6.45) is 7.95. The molecule has 0 saturated heterocycles. The number of hydrogen-bond acceptors (Lipinski definition) is 6. The Hall–Kier alpha value is -2.60. The number of nitrogens with zero attached hydrogens (tertiary/aromatic N) is 1. The molecule has 0 heterocycles. The average molecular weight is 478 g/mol. The summed E-state index contributed by atoms with van der Waals surface area (Å²) in [4.78, 5) is 0.894. The van der Waals surface area contributed by atoms with Crippen molar-refractivity contribution in [1.82, 2.24) is 0 Å². The molecule has 0 bridgehead atoms. The van der Waals surface area contributed by atoms with E-state index in [0.717, 1.165) is 27.4 Å². The van der Waals surface area contributed by atoms with Gasteiger partial charge in [0, 0.05) is 28.5 Å². The number of benzene rings is 1. The van der Waals surface area contributed by atoms with Gasteiger partial charge in [0.2, 0.25) is 0 Å². The van der Waals surface area contributed by atoms with E-state index in [1.165, 1.54) is 11.9 Å². The van der Waals surface area contributed by atoms with E-state index in [4.69, 9.17) is 18.9 Å². The van der Waals surface area contributed by atoms with Gasteiger partial charge in [-0.1, -0.05) is 39.8 Å². The third kappa shape index (κ3) is 10.3. The van der Waals surface area contributed by atoms with Crippen molar-refractivity contribution in [2.75, 3.05) is 27.9 Å². The molecule has 0 radical (unpaired) electrons. The molecule has 0 aliphatic rings. The number of methoxy groups -OCH3 is 3. The molecule has 1 rings (SSSR count). The number of hydrogen-bond donors (Lipinski definition) is 0. The second kappa shape index (κ2) is 20.0. The Balaban J connectivity index is 0. The molecule has 0 N–H and O–H groups in total. The zero-order valence-corrected chi connectivity index (χ0v) is 23.2. The van der Waals surface area contributed by atoms with E-state index in [1.807, 2.05) is 85.8 Å². The van der Waals surface area contributed by atoms with Gasteiger partial charge in [0.05, 0.1) is 27.9 Å². The van der Waals surface area contributed by atoms with Crippen LogP contribution in [0.25, 0.3) is 4.91 Å². The van der Waals surface area contributed by atoms with Crippen molar-refractivity contribution in [3.63, 3.8) is 0 Å². The van der Waals surface area contributed by atoms with Gasteiger partial charge in [-0.3, -0.25) is 0 Å². The zero-order valence-electron chi connectivity index (χ0n) is 22.4. The Bertz CT molecular complexity index is 824. The van der Waals surface area contributed by atoms with Crippen LogP contribution in [0.4, 0.5) is 0 Å². The SMILES string of the molecule is C=NS/C(=C(C)/C(/C=C\C(=C/C)OCC)=C/C)c1cc(OC)cc(OC)c1OC.CC.CC. The van der Waals surface area contributed by atoms with Crippen molar-refractivity contribution in [2.24, 2.45) is 4.40 Å². The van der Waals surface area contributed by atoms with Gasteiger partial charge in [0.15, 0.2) is 11.5 Å². The first-order valence-corrected chi connectivity index (χ1v) is 12.1. The Morgan fingerprint density at radius 1 is 0.970 bits per heavy atom. The molecule has 0 fully saturated rings. The van der Waals surface area contributed by atoms with Crippen LogP contribution < -0.4 is 14.2 Å². The average Bonchev–Trinajstić information content (AvgIpc) is 2.88. The molecule has 0 saturated carbocycles. The quantitative estimate of drug-likeness (QED) is 0.139. The fourth-order valence-corrected chi connectivity index (χ4v) is 3.38. The van der Waals surface area contributed by atoms with Gasteiger partial charge in [0.1, 0.15) is 11.5 Å². The summed E-state index contributed by atoms with van der Waals surface area (Å²) in [6, 6.07) is 3.70. The lowest BCUT2D eigenvalue weighted by atomic mass is 10.0. The second-order valence-electron chi connectivity index (χ2n) is 5.79.